The maximum absolute atomic E-state index is 11.2. The zero-order chi connectivity index (χ0) is 9.80. The summed E-state index contributed by atoms with van der Waals surface area (Å²) in [5, 5.41) is 0. The first kappa shape index (κ1) is 9.20. The van der Waals surface area contributed by atoms with Gasteiger partial charge in [0, 0.05) is 24.5 Å². The van der Waals surface area contributed by atoms with E-state index in [1.54, 1.807) is 6.92 Å². The monoisotopic (exact) mass is 181 g/mol. The van der Waals surface area contributed by atoms with Crippen molar-refractivity contribution in [1.82, 2.24) is 4.90 Å². The number of hydrogen-bond acceptors (Lipinski definition) is 2. The minimum atomic E-state index is 0.286. The molecule has 1 unspecified atom stereocenters. The fourth-order valence-electron chi connectivity index (χ4n) is 2.68. The Bertz CT molecular complexity index is 229. The third kappa shape index (κ3) is 1.41. The van der Waals surface area contributed by atoms with Crippen LogP contribution in [0.15, 0.2) is 0 Å². The molecule has 13 heavy (non-hydrogen) atoms. The van der Waals surface area contributed by atoms with Crippen LogP contribution >= 0.6 is 0 Å². The average Bonchev–Trinajstić information content (AvgIpc) is 2.46. The van der Waals surface area contributed by atoms with Crippen molar-refractivity contribution in [3.8, 4) is 0 Å². The molecule has 0 spiro atoms. The number of Topliss-reactive ketones (excluding diaryl/α,β-unsaturated/α-hetero) is 1. The van der Waals surface area contributed by atoms with Gasteiger partial charge in [0.15, 0.2) is 0 Å². The van der Waals surface area contributed by atoms with Gasteiger partial charge in [-0.05, 0) is 39.5 Å². The molecule has 2 heteroatoms. The summed E-state index contributed by atoms with van der Waals surface area (Å²) >= 11 is 0. The van der Waals surface area contributed by atoms with Gasteiger partial charge in [-0.15, -0.1) is 0 Å². The van der Waals surface area contributed by atoms with Gasteiger partial charge in [-0.2, -0.15) is 0 Å². The Kier molecular flexibility index (Phi) is 1.82. The molecule has 0 aromatic rings. The van der Waals surface area contributed by atoms with Crippen LogP contribution in [-0.4, -0.2) is 29.3 Å². The molecule has 1 aliphatic carbocycles. The normalized spacial score (nSPS) is 38.9. The Morgan fingerprint density at radius 2 is 1.69 bits per heavy atom. The van der Waals surface area contributed by atoms with Gasteiger partial charge in [-0.1, -0.05) is 0 Å². The van der Waals surface area contributed by atoms with E-state index in [9.17, 15) is 4.79 Å². The van der Waals surface area contributed by atoms with Gasteiger partial charge in [-0.25, -0.2) is 0 Å². The van der Waals surface area contributed by atoms with E-state index in [0.717, 1.165) is 13.1 Å². The van der Waals surface area contributed by atoms with E-state index in [0.29, 0.717) is 23.5 Å². The summed E-state index contributed by atoms with van der Waals surface area (Å²) in [6.45, 7) is 10.8. The Balaban J connectivity index is 1.94. The first-order valence-corrected chi connectivity index (χ1v) is 5.17. The summed E-state index contributed by atoms with van der Waals surface area (Å²) in [6, 6.07) is 0. The number of likely N-dealkylation sites (tertiary alicyclic amines) is 1. The van der Waals surface area contributed by atoms with Crippen molar-refractivity contribution in [2.24, 2.45) is 17.8 Å². The standard InChI is InChI=1S/C11H19NO/c1-7(13)10-8-5-12(6-9(8)10)11(2,3)4/h8-10H,5-6H2,1-4H3/t8-,9+,10?. The second-order valence-corrected chi connectivity index (χ2v) is 5.54. The lowest BCUT2D eigenvalue weighted by Gasteiger charge is -2.33. The van der Waals surface area contributed by atoms with Crippen LogP contribution in [0.3, 0.4) is 0 Å². The zero-order valence-corrected chi connectivity index (χ0v) is 9.00. The molecule has 0 aromatic carbocycles. The number of fused-ring (bicyclic) bond motifs is 1. The molecule has 2 fully saturated rings. The topological polar surface area (TPSA) is 20.3 Å². The minimum Gasteiger partial charge on any atom is -0.300 e. The van der Waals surface area contributed by atoms with Gasteiger partial charge in [0.1, 0.15) is 5.78 Å². The van der Waals surface area contributed by atoms with Gasteiger partial charge < -0.3 is 0 Å². The molecule has 0 N–H and O–H groups in total. The highest BCUT2D eigenvalue weighted by molar-refractivity contribution is 5.82. The summed E-state index contributed by atoms with van der Waals surface area (Å²) < 4.78 is 0. The van der Waals surface area contributed by atoms with Crippen molar-refractivity contribution in [3.05, 3.63) is 0 Å². The van der Waals surface area contributed by atoms with Crippen LogP contribution in [-0.2, 0) is 4.79 Å². The molecular formula is C11H19NO. The Labute approximate surface area is 80.3 Å². The second kappa shape index (κ2) is 2.57. The van der Waals surface area contributed by atoms with Crippen LogP contribution in [0.2, 0.25) is 0 Å². The van der Waals surface area contributed by atoms with Crippen LogP contribution in [0.1, 0.15) is 27.7 Å². The number of rotatable bonds is 1. The van der Waals surface area contributed by atoms with E-state index in [-0.39, 0.29) is 5.54 Å². The van der Waals surface area contributed by atoms with Crippen molar-refractivity contribution >= 4 is 5.78 Å². The number of ketones is 1. The lowest BCUT2D eigenvalue weighted by molar-refractivity contribution is -0.119. The number of carbonyl (C=O) groups is 1. The minimum absolute atomic E-state index is 0.286. The van der Waals surface area contributed by atoms with Gasteiger partial charge in [0.2, 0.25) is 0 Å². The smallest absolute Gasteiger partial charge is 0.133 e. The SMILES string of the molecule is CC(=O)C1[C@H]2CN(C(C)(C)C)C[C@@H]12. The predicted octanol–water partition coefficient (Wildman–Crippen LogP) is 1.55. The van der Waals surface area contributed by atoms with E-state index in [1.807, 2.05) is 0 Å². The van der Waals surface area contributed by atoms with Gasteiger partial charge in [0.25, 0.3) is 0 Å². The molecule has 2 aliphatic rings. The molecule has 0 radical (unpaired) electrons. The highest BCUT2D eigenvalue weighted by atomic mass is 16.1. The predicted molar refractivity (Wildman–Crippen MR) is 52.5 cm³/mol. The third-order valence-electron chi connectivity index (χ3n) is 3.61. The highest BCUT2D eigenvalue weighted by Crippen LogP contribution is 2.53. The average molecular weight is 181 g/mol. The lowest BCUT2D eigenvalue weighted by atomic mass is 10.1. The molecule has 1 heterocycles. The van der Waals surface area contributed by atoms with Crippen molar-refractivity contribution in [3.63, 3.8) is 0 Å². The summed E-state index contributed by atoms with van der Waals surface area (Å²) in [5.41, 5.74) is 0.286. The summed E-state index contributed by atoms with van der Waals surface area (Å²) in [5.74, 6) is 2.20. The quantitative estimate of drug-likeness (QED) is 0.611. The van der Waals surface area contributed by atoms with E-state index in [1.165, 1.54) is 0 Å². The van der Waals surface area contributed by atoms with Crippen LogP contribution in [0.5, 0.6) is 0 Å². The molecule has 2 rings (SSSR count). The molecule has 2 nitrogen and oxygen atoms in total. The number of nitrogens with zero attached hydrogens (tertiary/aromatic N) is 1. The Hall–Kier alpha value is -0.370. The zero-order valence-electron chi connectivity index (χ0n) is 9.00. The molecule has 1 saturated heterocycles. The van der Waals surface area contributed by atoms with Crippen molar-refractivity contribution in [1.29, 1.82) is 0 Å². The van der Waals surface area contributed by atoms with E-state index >= 15 is 0 Å². The van der Waals surface area contributed by atoms with Crippen molar-refractivity contribution < 1.29 is 4.79 Å². The van der Waals surface area contributed by atoms with Gasteiger partial charge >= 0.3 is 0 Å². The molecular weight excluding hydrogens is 162 g/mol. The van der Waals surface area contributed by atoms with Crippen molar-refractivity contribution in [2.75, 3.05) is 13.1 Å². The van der Waals surface area contributed by atoms with E-state index < -0.39 is 0 Å². The number of carbonyl (C=O) groups excluding carboxylic acids is 1. The van der Waals surface area contributed by atoms with E-state index in [2.05, 4.69) is 25.7 Å². The first-order valence-electron chi connectivity index (χ1n) is 5.17. The molecule has 0 aromatic heterocycles. The molecule has 74 valence electrons. The summed E-state index contributed by atoms with van der Waals surface area (Å²) in [7, 11) is 0. The molecule has 3 atom stereocenters. The number of hydrogen-bond donors (Lipinski definition) is 0. The maximum atomic E-state index is 11.2. The van der Waals surface area contributed by atoms with E-state index in [4.69, 9.17) is 0 Å². The van der Waals surface area contributed by atoms with Crippen molar-refractivity contribution in [2.45, 2.75) is 33.2 Å². The summed E-state index contributed by atoms with van der Waals surface area (Å²) in [6.07, 6.45) is 0. The fraction of sp³-hybridized carbons (Fsp3) is 0.909. The van der Waals surface area contributed by atoms with Crippen LogP contribution in [0.4, 0.5) is 0 Å². The first-order chi connectivity index (χ1) is 5.91. The fourth-order valence-corrected chi connectivity index (χ4v) is 2.68. The molecule has 0 amide bonds. The summed E-state index contributed by atoms with van der Waals surface area (Å²) in [4.78, 5) is 13.7. The number of piperidine rings is 1. The third-order valence-corrected chi connectivity index (χ3v) is 3.61. The lowest BCUT2D eigenvalue weighted by Crippen LogP contribution is -2.41. The molecule has 0 bridgehead atoms. The van der Waals surface area contributed by atoms with Gasteiger partial charge in [0.05, 0.1) is 0 Å². The van der Waals surface area contributed by atoms with Crippen LogP contribution < -0.4 is 0 Å². The largest absolute Gasteiger partial charge is 0.300 e. The maximum Gasteiger partial charge on any atom is 0.133 e. The Morgan fingerprint density at radius 1 is 1.23 bits per heavy atom. The highest BCUT2D eigenvalue weighted by Gasteiger charge is 2.58. The second-order valence-electron chi connectivity index (χ2n) is 5.54. The van der Waals surface area contributed by atoms with Crippen LogP contribution in [0, 0.1) is 17.8 Å². The Morgan fingerprint density at radius 3 is 2.00 bits per heavy atom. The molecule has 1 aliphatic heterocycles. The van der Waals surface area contributed by atoms with Crippen LogP contribution in [0.25, 0.3) is 0 Å². The molecule has 1 saturated carbocycles. The van der Waals surface area contributed by atoms with Gasteiger partial charge in [-0.3, -0.25) is 9.69 Å².